The molecule has 0 heterocycles. The zero-order chi connectivity index (χ0) is 13.2. The summed E-state index contributed by atoms with van der Waals surface area (Å²) < 4.78 is 25.6. The fourth-order valence-electron chi connectivity index (χ4n) is 1.06. The van der Waals surface area contributed by atoms with Crippen LogP contribution in [0.4, 0.5) is 19.3 Å². The van der Waals surface area contributed by atoms with Gasteiger partial charge >= 0.3 is 11.4 Å². The minimum Gasteiger partial charge on any atom is -0.331 e. The van der Waals surface area contributed by atoms with Gasteiger partial charge in [-0.25, -0.2) is 4.79 Å². The topological polar surface area (TPSA) is 32.3 Å². The first-order valence-electron chi connectivity index (χ1n) is 4.57. The maximum Gasteiger partial charge on any atom is 0.349 e. The smallest absolute Gasteiger partial charge is 0.331 e. The number of carbonyl (C=O) groups excluding carboxylic acids is 1. The molecule has 0 aliphatic rings. The molecule has 0 spiro atoms. The van der Waals surface area contributed by atoms with Crippen LogP contribution < -0.4 is 5.32 Å². The summed E-state index contributed by atoms with van der Waals surface area (Å²) in [6.45, 7) is 0. The van der Waals surface area contributed by atoms with E-state index in [9.17, 15) is 13.6 Å². The summed E-state index contributed by atoms with van der Waals surface area (Å²) in [4.78, 5) is 12.6. The second-order valence-electron chi connectivity index (χ2n) is 3.52. The van der Waals surface area contributed by atoms with E-state index < -0.39 is 10.9 Å². The molecule has 0 atom stereocenters. The SMILES string of the molecule is CN(C)C(=O)Nc1ccc(C(F)(F)Cl)c(Cl)c1. The molecule has 94 valence electrons. The Balaban J connectivity index is 2.94. The Morgan fingerprint density at radius 2 is 2.00 bits per heavy atom. The number of halogens is 4. The predicted molar refractivity (Wildman–Crippen MR) is 63.9 cm³/mol. The lowest BCUT2D eigenvalue weighted by atomic mass is 10.2. The number of hydrogen-bond donors (Lipinski definition) is 1. The highest BCUT2D eigenvalue weighted by Gasteiger charge is 2.30. The van der Waals surface area contributed by atoms with E-state index in [0.29, 0.717) is 5.69 Å². The molecule has 1 aromatic rings. The van der Waals surface area contributed by atoms with Crippen LogP contribution in [0.1, 0.15) is 5.56 Å². The van der Waals surface area contributed by atoms with E-state index in [-0.39, 0.29) is 11.1 Å². The van der Waals surface area contributed by atoms with E-state index in [1.165, 1.54) is 17.0 Å². The summed E-state index contributed by atoms with van der Waals surface area (Å²) in [5.74, 6) is 0. The van der Waals surface area contributed by atoms with Gasteiger partial charge < -0.3 is 10.2 Å². The van der Waals surface area contributed by atoms with Gasteiger partial charge in [-0.05, 0) is 29.8 Å². The molecule has 0 unspecified atom stereocenters. The highest BCUT2D eigenvalue weighted by Crippen LogP contribution is 2.37. The van der Waals surface area contributed by atoms with Crippen molar-refractivity contribution >= 4 is 34.9 Å². The monoisotopic (exact) mass is 282 g/mol. The number of hydrogen-bond acceptors (Lipinski definition) is 1. The molecule has 1 aromatic carbocycles. The molecule has 0 fully saturated rings. The van der Waals surface area contributed by atoms with Crippen molar-refractivity contribution in [1.29, 1.82) is 0 Å². The maximum atomic E-state index is 12.8. The molecule has 0 radical (unpaired) electrons. The van der Waals surface area contributed by atoms with Crippen molar-refractivity contribution in [1.82, 2.24) is 4.90 Å². The molecule has 1 rings (SSSR count). The van der Waals surface area contributed by atoms with E-state index in [1.54, 1.807) is 14.1 Å². The standard InChI is InChI=1S/C10H10Cl2F2N2O/c1-16(2)9(17)15-6-3-4-7(8(11)5-6)10(12,13)14/h3-5H,1-2H3,(H,15,17). The first kappa shape index (κ1) is 14.0. The number of urea groups is 1. The molecule has 0 saturated carbocycles. The Kier molecular flexibility index (Phi) is 4.16. The van der Waals surface area contributed by atoms with Gasteiger partial charge in [0.05, 0.1) is 10.6 Å². The number of nitrogens with one attached hydrogen (secondary N) is 1. The molecule has 0 bridgehead atoms. The zero-order valence-corrected chi connectivity index (χ0v) is 10.6. The Bertz CT molecular complexity index is 433. The van der Waals surface area contributed by atoms with Gasteiger partial charge in [0.1, 0.15) is 0 Å². The first-order chi connectivity index (χ1) is 7.71. The van der Waals surface area contributed by atoms with Crippen LogP contribution in [0.15, 0.2) is 18.2 Å². The highest BCUT2D eigenvalue weighted by molar-refractivity contribution is 6.33. The maximum absolute atomic E-state index is 12.8. The largest absolute Gasteiger partial charge is 0.349 e. The van der Waals surface area contributed by atoms with Gasteiger partial charge in [-0.1, -0.05) is 11.6 Å². The Hall–Kier alpha value is -1.07. The van der Waals surface area contributed by atoms with Crippen molar-refractivity contribution in [2.24, 2.45) is 0 Å². The lowest BCUT2D eigenvalue weighted by Gasteiger charge is -2.14. The highest BCUT2D eigenvalue weighted by atomic mass is 35.5. The normalized spacial score (nSPS) is 11.2. The van der Waals surface area contributed by atoms with E-state index in [1.807, 2.05) is 0 Å². The van der Waals surface area contributed by atoms with Gasteiger partial charge in [0.25, 0.3) is 0 Å². The van der Waals surface area contributed by atoms with Crippen LogP contribution in [0.3, 0.4) is 0 Å². The van der Waals surface area contributed by atoms with Gasteiger partial charge in [-0.2, -0.15) is 8.78 Å². The van der Waals surface area contributed by atoms with Crippen LogP contribution in [0.5, 0.6) is 0 Å². The Labute approximate surface area is 107 Å². The number of alkyl halides is 3. The molecule has 0 aliphatic heterocycles. The van der Waals surface area contributed by atoms with Crippen molar-refractivity contribution in [2.75, 3.05) is 19.4 Å². The third-order valence-corrected chi connectivity index (χ3v) is 2.45. The molecule has 3 nitrogen and oxygen atoms in total. The molecule has 0 aliphatic carbocycles. The summed E-state index contributed by atoms with van der Waals surface area (Å²) in [6, 6.07) is 3.21. The second-order valence-corrected chi connectivity index (χ2v) is 4.40. The van der Waals surface area contributed by atoms with Gasteiger partial charge in [0, 0.05) is 19.8 Å². The van der Waals surface area contributed by atoms with Crippen LogP contribution >= 0.6 is 23.2 Å². The van der Waals surface area contributed by atoms with Crippen molar-refractivity contribution in [3.63, 3.8) is 0 Å². The number of amides is 2. The van der Waals surface area contributed by atoms with Crippen molar-refractivity contribution in [3.05, 3.63) is 28.8 Å². The quantitative estimate of drug-likeness (QED) is 0.824. The molecular formula is C10H10Cl2F2N2O. The van der Waals surface area contributed by atoms with Gasteiger partial charge in [0.15, 0.2) is 0 Å². The minimum atomic E-state index is -3.53. The van der Waals surface area contributed by atoms with Crippen molar-refractivity contribution in [2.45, 2.75) is 5.38 Å². The summed E-state index contributed by atoms with van der Waals surface area (Å²) in [5, 5.41) is -1.26. The third-order valence-electron chi connectivity index (χ3n) is 1.93. The number of nitrogens with zero attached hydrogens (tertiary/aromatic N) is 1. The number of carbonyl (C=O) groups is 1. The Morgan fingerprint density at radius 3 is 2.41 bits per heavy atom. The molecule has 0 aromatic heterocycles. The summed E-state index contributed by atoms with van der Waals surface area (Å²) in [5.41, 5.74) is -0.179. The van der Waals surface area contributed by atoms with E-state index in [2.05, 4.69) is 5.32 Å². The number of anilines is 1. The first-order valence-corrected chi connectivity index (χ1v) is 5.32. The molecule has 0 saturated heterocycles. The minimum absolute atomic E-state index is 0.207. The fourth-order valence-corrected chi connectivity index (χ4v) is 1.57. The lowest BCUT2D eigenvalue weighted by Crippen LogP contribution is -2.27. The van der Waals surface area contributed by atoms with Gasteiger partial charge in [-0.15, -0.1) is 0 Å². The second kappa shape index (κ2) is 5.06. The zero-order valence-electron chi connectivity index (χ0n) is 9.10. The van der Waals surface area contributed by atoms with Crippen molar-refractivity contribution < 1.29 is 13.6 Å². The molecule has 1 N–H and O–H groups in total. The van der Waals surface area contributed by atoms with Crippen LogP contribution in [-0.4, -0.2) is 25.0 Å². The molecular weight excluding hydrogens is 273 g/mol. The Morgan fingerprint density at radius 1 is 1.41 bits per heavy atom. The number of rotatable bonds is 2. The molecule has 2 amide bonds. The van der Waals surface area contributed by atoms with Gasteiger partial charge in [-0.3, -0.25) is 0 Å². The fraction of sp³-hybridized carbons (Fsp3) is 0.300. The molecule has 7 heteroatoms. The summed E-state index contributed by atoms with van der Waals surface area (Å²) in [7, 11) is 3.11. The van der Waals surface area contributed by atoms with E-state index >= 15 is 0 Å². The molecule has 17 heavy (non-hydrogen) atoms. The summed E-state index contributed by atoms with van der Waals surface area (Å²) >= 11 is 10.5. The van der Waals surface area contributed by atoms with Crippen molar-refractivity contribution in [3.8, 4) is 0 Å². The van der Waals surface area contributed by atoms with Crippen LogP contribution in [0.2, 0.25) is 5.02 Å². The van der Waals surface area contributed by atoms with Crippen LogP contribution in [-0.2, 0) is 5.38 Å². The lowest BCUT2D eigenvalue weighted by molar-refractivity contribution is 0.0953. The average Bonchev–Trinajstić information content (AvgIpc) is 2.15. The number of benzene rings is 1. The third kappa shape index (κ3) is 3.71. The van der Waals surface area contributed by atoms with E-state index in [0.717, 1.165) is 6.07 Å². The average molecular weight is 283 g/mol. The van der Waals surface area contributed by atoms with Crippen LogP contribution in [0.25, 0.3) is 0 Å². The van der Waals surface area contributed by atoms with Crippen LogP contribution in [0, 0.1) is 0 Å². The predicted octanol–water partition coefficient (Wildman–Crippen LogP) is 3.72. The van der Waals surface area contributed by atoms with Gasteiger partial charge in [0.2, 0.25) is 0 Å². The summed E-state index contributed by atoms with van der Waals surface area (Å²) in [6.07, 6.45) is 0. The van der Waals surface area contributed by atoms with E-state index in [4.69, 9.17) is 23.2 Å².